The topological polar surface area (TPSA) is 63.6 Å². The van der Waals surface area contributed by atoms with E-state index in [1.54, 1.807) is 12.3 Å². The number of hydrogen-bond donors (Lipinski definition) is 1. The number of aromatic nitrogens is 1. The lowest BCUT2D eigenvalue weighted by Gasteiger charge is -1.96. The monoisotopic (exact) mass is 301 g/mol. The zero-order valence-corrected chi connectivity index (χ0v) is 12.6. The van der Waals surface area contributed by atoms with Crippen LogP contribution in [0.2, 0.25) is 0 Å². The van der Waals surface area contributed by atoms with Crippen LogP contribution in [0.5, 0.6) is 0 Å². The average molecular weight is 301 g/mol. The molecule has 108 valence electrons. The molecule has 0 amide bonds. The summed E-state index contributed by atoms with van der Waals surface area (Å²) in [5.74, 6) is -0.372. The van der Waals surface area contributed by atoms with Crippen molar-refractivity contribution in [2.75, 3.05) is 12.5 Å². The lowest BCUT2D eigenvalue weighted by Crippen LogP contribution is -1.93. The number of ether oxygens (including phenoxy) is 1. The largest absolute Gasteiger partial charge is 0.466 e. The third-order valence-corrected chi connectivity index (χ3v) is 3.41. The molecule has 0 aliphatic carbocycles. The summed E-state index contributed by atoms with van der Waals surface area (Å²) in [5, 5.41) is 6.85. The highest BCUT2D eigenvalue weighted by Gasteiger charge is 1.95. The van der Waals surface area contributed by atoms with E-state index in [4.69, 9.17) is 0 Å². The molecule has 21 heavy (non-hydrogen) atoms. The summed E-state index contributed by atoms with van der Waals surface area (Å²) in [6.45, 7) is 1.94. The van der Waals surface area contributed by atoms with E-state index >= 15 is 0 Å². The van der Waals surface area contributed by atoms with Gasteiger partial charge in [-0.15, -0.1) is 11.3 Å². The van der Waals surface area contributed by atoms with Crippen molar-refractivity contribution >= 4 is 34.7 Å². The van der Waals surface area contributed by atoms with Crippen molar-refractivity contribution in [2.45, 2.75) is 6.92 Å². The SMILES string of the molecule is COC(=O)C=Cc1ccc(C=NNc2nc(C)cs2)cc1. The molecule has 0 spiro atoms. The zero-order valence-electron chi connectivity index (χ0n) is 11.7. The van der Waals surface area contributed by atoms with E-state index < -0.39 is 0 Å². The Hall–Kier alpha value is -2.47. The standard InChI is InChI=1S/C15H15N3O2S/c1-11-10-21-15(17-11)18-16-9-13-5-3-12(4-6-13)7-8-14(19)20-2/h3-10H,1-2H3,(H,17,18). The van der Waals surface area contributed by atoms with Crippen LogP contribution in [-0.2, 0) is 9.53 Å². The van der Waals surface area contributed by atoms with Gasteiger partial charge in [0.25, 0.3) is 0 Å². The molecule has 5 nitrogen and oxygen atoms in total. The number of nitrogens with one attached hydrogen (secondary N) is 1. The second kappa shape index (κ2) is 7.35. The van der Waals surface area contributed by atoms with Gasteiger partial charge in [-0.05, 0) is 24.1 Å². The van der Waals surface area contributed by atoms with Gasteiger partial charge in [-0.25, -0.2) is 9.78 Å². The van der Waals surface area contributed by atoms with Crippen molar-refractivity contribution in [1.82, 2.24) is 4.98 Å². The van der Waals surface area contributed by atoms with Gasteiger partial charge >= 0.3 is 5.97 Å². The lowest BCUT2D eigenvalue weighted by atomic mass is 10.1. The first kappa shape index (κ1) is 14.9. The minimum atomic E-state index is -0.372. The Morgan fingerprint density at radius 2 is 2.05 bits per heavy atom. The summed E-state index contributed by atoms with van der Waals surface area (Å²) in [5.41, 5.74) is 5.72. The molecule has 0 saturated carbocycles. The highest BCUT2D eigenvalue weighted by atomic mass is 32.1. The first-order valence-electron chi connectivity index (χ1n) is 6.24. The van der Waals surface area contributed by atoms with Crippen LogP contribution in [-0.4, -0.2) is 24.3 Å². The van der Waals surface area contributed by atoms with Gasteiger partial charge in [0.15, 0.2) is 0 Å². The van der Waals surface area contributed by atoms with Crippen LogP contribution in [0.4, 0.5) is 5.13 Å². The third kappa shape index (κ3) is 4.85. The zero-order chi connectivity index (χ0) is 15.1. The van der Waals surface area contributed by atoms with Crippen LogP contribution < -0.4 is 5.43 Å². The molecule has 0 unspecified atom stereocenters. The molecule has 0 aliphatic heterocycles. The quantitative estimate of drug-likeness (QED) is 0.399. The fourth-order valence-electron chi connectivity index (χ4n) is 1.49. The van der Waals surface area contributed by atoms with Crippen molar-refractivity contribution < 1.29 is 9.53 Å². The van der Waals surface area contributed by atoms with Crippen molar-refractivity contribution in [2.24, 2.45) is 5.10 Å². The predicted octanol–water partition coefficient (Wildman–Crippen LogP) is 3.08. The molecule has 2 rings (SSSR count). The Labute approximate surface area is 127 Å². The lowest BCUT2D eigenvalue weighted by molar-refractivity contribution is -0.134. The highest BCUT2D eigenvalue weighted by molar-refractivity contribution is 7.13. The van der Waals surface area contributed by atoms with E-state index in [9.17, 15) is 4.79 Å². The minimum Gasteiger partial charge on any atom is -0.466 e. The number of carbonyl (C=O) groups is 1. The summed E-state index contributed by atoms with van der Waals surface area (Å²) in [7, 11) is 1.35. The van der Waals surface area contributed by atoms with Gasteiger partial charge in [0, 0.05) is 11.5 Å². The maximum absolute atomic E-state index is 11.0. The number of methoxy groups -OCH3 is 1. The normalized spacial score (nSPS) is 11.1. The Bertz CT molecular complexity index is 660. The second-order valence-corrected chi connectivity index (χ2v) is 5.05. The first-order chi connectivity index (χ1) is 10.2. The molecule has 2 aromatic rings. The van der Waals surface area contributed by atoms with Gasteiger partial charge < -0.3 is 4.74 Å². The summed E-state index contributed by atoms with van der Waals surface area (Å²) in [6, 6.07) is 7.62. The Morgan fingerprint density at radius 3 is 2.67 bits per heavy atom. The number of hydrazone groups is 1. The summed E-state index contributed by atoms with van der Waals surface area (Å²) < 4.78 is 4.53. The molecule has 0 saturated heterocycles. The van der Waals surface area contributed by atoms with E-state index in [1.807, 2.05) is 36.6 Å². The number of benzene rings is 1. The molecule has 0 fully saturated rings. The third-order valence-electron chi connectivity index (χ3n) is 2.54. The van der Waals surface area contributed by atoms with Crippen LogP contribution in [0, 0.1) is 6.92 Å². The van der Waals surface area contributed by atoms with E-state index in [0.29, 0.717) is 0 Å². The first-order valence-corrected chi connectivity index (χ1v) is 7.12. The smallest absolute Gasteiger partial charge is 0.330 e. The van der Waals surface area contributed by atoms with Crippen molar-refractivity contribution in [3.8, 4) is 0 Å². The number of thiazole rings is 1. The molecule has 1 aromatic heterocycles. The molecule has 1 heterocycles. The minimum absolute atomic E-state index is 0.372. The van der Waals surface area contributed by atoms with Gasteiger partial charge in [-0.3, -0.25) is 5.43 Å². The number of rotatable bonds is 5. The molecule has 0 aliphatic rings. The summed E-state index contributed by atoms with van der Waals surface area (Å²) >= 11 is 1.51. The molecule has 0 atom stereocenters. The van der Waals surface area contributed by atoms with Crippen LogP contribution in [0.25, 0.3) is 6.08 Å². The maximum Gasteiger partial charge on any atom is 0.330 e. The van der Waals surface area contributed by atoms with E-state index in [0.717, 1.165) is 22.0 Å². The molecule has 1 N–H and O–H groups in total. The number of nitrogens with zero attached hydrogens (tertiary/aromatic N) is 2. The van der Waals surface area contributed by atoms with Crippen LogP contribution >= 0.6 is 11.3 Å². The Kier molecular flexibility index (Phi) is 5.22. The Balaban J connectivity index is 1.92. The van der Waals surface area contributed by atoms with Crippen molar-refractivity contribution in [3.63, 3.8) is 0 Å². The Morgan fingerprint density at radius 1 is 1.33 bits per heavy atom. The highest BCUT2D eigenvalue weighted by Crippen LogP contribution is 2.14. The predicted molar refractivity (Wildman–Crippen MR) is 85.6 cm³/mol. The molecule has 6 heteroatoms. The van der Waals surface area contributed by atoms with Gasteiger partial charge in [0.1, 0.15) is 0 Å². The maximum atomic E-state index is 11.0. The van der Waals surface area contributed by atoms with Gasteiger partial charge in [-0.1, -0.05) is 24.3 Å². The van der Waals surface area contributed by atoms with Gasteiger partial charge in [0.05, 0.1) is 19.0 Å². The molecule has 0 radical (unpaired) electrons. The molecule has 0 bridgehead atoms. The molecular formula is C15H15N3O2S. The van der Waals surface area contributed by atoms with Crippen LogP contribution in [0.3, 0.4) is 0 Å². The molecular weight excluding hydrogens is 286 g/mol. The van der Waals surface area contributed by atoms with E-state index in [2.05, 4.69) is 20.2 Å². The van der Waals surface area contributed by atoms with Crippen LogP contribution in [0.15, 0.2) is 40.8 Å². The number of aryl methyl sites for hydroxylation is 1. The number of carbonyl (C=O) groups excluding carboxylic acids is 1. The van der Waals surface area contributed by atoms with E-state index in [-0.39, 0.29) is 5.97 Å². The van der Waals surface area contributed by atoms with Gasteiger partial charge in [0.2, 0.25) is 5.13 Å². The second-order valence-electron chi connectivity index (χ2n) is 4.19. The summed E-state index contributed by atoms with van der Waals surface area (Å²) in [6.07, 6.45) is 4.79. The number of hydrogen-bond acceptors (Lipinski definition) is 6. The van der Waals surface area contributed by atoms with Crippen molar-refractivity contribution in [1.29, 1.82) is 0 Å². The number of esters is 1. The number of anilines is 1. The van der Waals surface area contributed by atoms with E-state index in [1.165, 1.54) is 24.5 Å². The fraction of sp³-hybridized carbons (Fsp3) is 0.133. The molecule has 1 aromatic carbocycles. The van der Waals surface area contributed by atoms with Gasteiger partial charge in [-0.2, -0.15) is 5.10 Å². The average Bonchev–Trinajstić information content (AvgIpc) is 2.91. The fourth-order valence-corrected chi connectivity index (χ4v) is 2.13. The van der Waals surface area contributed by atoms with Crippen molar-refractivity contribution in [3.05, 3.63) is 52.5 Å². The summed E-state index contributed by atoms with van der Waals surface area (Å²) in [4.78, 5) is 15.2. The van der Waals surface area contributed by atoms with Crippen LogP contribution in [0.1, 0.15) is 16.8 Å².